The first kappa shape index (κ1) is 39.7. The van der Waals surface area contributed by atoms with Gasteiger partial charge >= 0.3 is 5.97 Å². The molecule has 51 heavy (non-hydrogen) atoms. The molecule has 0 aliphatic heterocycles. The predicted molar refractivity (Wildman–Crippen MR) is 192 cm³/mol. The highest BCUT2D eigenvalue weighted by Gasteiger charge is 2.30. The molecule has 16 nitrogen and oxygen atoms in total. The standard InChI is InChI=1S/C35H47N9O7/c36-15-3-7-27(42-31(48)26(37)18-21-10-13-25(45)14-11-21)33(50)43-28(8-4-16-40-35(38)39)34(51)44-29(32(49)41-20-30(46)47)19-22-9-12-23-5-1-2-6-24(23)17-22/h1-2,5-6,9-14,17,26-29,45H,3-4,7-8,15-16,18-20,36-37H2,(H,41,49)(H,42,48)(H,43,50)(H,44,51)(H,46,47)(H4,38,39,40)/t26-,27+,28+,29+/m1/s1. The van der Waals surface area contributed by atoms with E-state index in [-0.39, 0.29) is 56.9 Å². The highest BCUT2D eigenvalue weighted by atomic mass is 16.4. The van der Waals surface area contributed by atoms with Crippen LogP contribution in [0.5, 0.6) is 5.75 Å². The van der Waals surface area contributed by atoms with Crippen LogP contribution in [0, 0.1) is 0 Å². The Kier molecular flexibility index (Phi) is 15.6. The molecule has 3 aromatic carbocycles. The Hall–Kier alpha value is -5.74. The van der Waals surface area contributed by atoms with Gasteiger partial charge in [0.15, 0.2) is 5.96 Å². The number of benzene rings is 3. The Morgan fingerprint density at radius 1 is 0.706 bits per heavy atom. The summed E-state index contributed by atoms with van der Waals surface area (Å²) in [5.74, 6) is -4.11. The quantitative estimate of drug-likeness (QED) is 0.0391. The van der Waals surface area contributed by atoms with Gasteiger partial charge in [-0.15, -0.1) is 0 Å². The lowest BCUT2D eigenvalue weighted by molar-refractivity contribution is -0.138. The fourth-order valence-electron chi connectivity index (χ4n) is 5.26. The maximum Gasteiger partial charge on any atom is 0.322 e. The highest BCUT2D eigenvalue weighted by molar-refractivity contribution is 5.95. The van der Waals surface area contributed by atoms with E-state index in [1.165, 1.54) is 12.1 Å². The second-order valence-electron chi connectivity index (χ2n) is 12.0. The van der Waals surface area contributed by atoms with Crippen LogP contribution in [0.2, 0.25) is 0 Å². The number of aliphatic imine (C=N–C) groups is 1. The average molecular weight is 706 g/mol. The number of fused-ring (bicyclic) bond motifs is 1. The van der Waals surface area contributed by atoms with Crippen molar-refractivity contribution in [1.29, 1.82) is 0 Å². The molecule has 0 radical (unpaired) electrons. The summed E-state index contributed by atoms with van der Waals surface area (Å²) in [7, 11) is 0. The Morgan fingerprint density at radius 2 is 1.29 bits per heavy atom. The molecule has 4 amide bonds. The normalized spacial score (nSPS) is 13.2. The van der Waals surface area contributed by atoms with Crippen molar-refractivity contribution in [2.75, 3.05) is 19.6 Å². The summed E-state index contributed by atoms with van der Waals surface area (Å²) >= 11 is 0. The van der Waals surface area contributed by atoms with E-state index in [2.05, 4.69) is 26.3 Å². The number of nitrogens with two attached hydrogens (primary N) is 4. The van der Waals surface area contributed by atoms with Crippen LogP contribution in [0.15, 0.2) is 71.7 Å². The van der Waals surface area contributed by atoms with Gasteiger partial charge in [0.05, 0.1) is 6.04 Å². The number of amides is 4. The maximum absolute atomic E-state index is 13.8. The summed E-state index contributed by atoms with van der Waals surface area (Å²) in [6.45, 7) is -0.302. The second-order valence-corrected chi connectivity index (χ2v) is 12.0. The Balaban J connectivity index is 1.81. The van der Waals surface area contributed by atoms with Crippen molar-refractivity contribution in [3.05, 3.63) is 77.9 Å². The highest BCUT2D eigenvalue weighted by Crippen LogP contribution is 2.17. The number of carboxylic acids is 1. The molecule has 0 aromatic heterocycles. The number of hydrogen-bond acceptors (Lipinski definition) is 9. The van der Waals surface area contributed by atoms with Crippen LogP contribution in [-0.2, 0) is 36.8 Å². The lowest BCUT2D eigenvalue weighted by Gasteiger charge is -2.26. The third kappa shape index (κ3) is 13.6. The smallest absolute Gasteiger partial charge is 0.322 e. The molecule has 0 saturated heterocycles. The molecule has 3 rings (SSSR count). The molecule has 0 bridgehead atoms. The SMILES string of the molecule is NCCC[C@H](NC(=O)[C@H](N)Cc1ccc(O)cc1)C(=O)N[C@@H](CCCN=C(N)N)C(=O)N[C@@H](Cc1ccc2ccccc2c1)C(=O)NCC(=O)O. The van der Waals surface area contributed by atoms with Gasteiger partial charge in [-0.1, -0.05) is 54.6 Å². The molecule has 0 heterocycles. The van der Waals surface area contributed by atoms with E-state index < -0.39 is 60.3 Å². The molecule has 4 atom stereocenters. The maximum atomic E-state index is 13.8. The van der Waals surface area contributed by atoms with Gasteiger partial charge < -0.3 is 54.4 Å². The van der Waals surface area contributed by atoms with Gasteiger partial charge in [-0.3, -0.25) is 29.0 Å². The van der Waals surface area contributed by atoms with Crippen molar-refractivity contribution < 1.29 is 34.2 Å². The lowest BCUT2D eigenvalue weighted by atomic mass is 10.0. The number of carbonyl (C=O) groups excluding carboxylic acids is 4. The predicted octanol–water partition coefficient (Wildman–Crippen LogP) is -0.894. The van der Waals surface area contributed by atoms with Gasteiger partial charge in [0.25, 0.3) is 0 Å². The van der Waals surface area contributed by atoms with E-state index in [1.807, 2.05) is 36.4 Å². The second kappa shape index (κ2) is 20.1. The molecule has 0 fully saturated rings. The molecule has 0 aliphatic rings. The number of carbonyl (C=O) groups is 5. The van der Waals surface area contributed by atoms with Crippen molar-refractivity contribution in [1.82, 2.24) is 21.3 Å². The van der Waals surface area contributed by atoms with Crippen LogP contribution < -0.4 is 44.2 Å². The molecule has 0 spiro atoms. The van der Waals surface area contributed by atoms with E-state index >= 15 is 0 Å². The van der Waals surface area contributed by atoms with Crippen LogP contribution in [0.25, 0.3) is 10.8 Å². The third-order valence-corrected chi connectivity index (χ3v) is 7.94. The minimum Gasteiger partial charge on any atom is -0.508 e. The number of phenols is 1. The lowest BCUT2D eigenvalue weighted by Crippen LogP contribution is -2.58. The summed E-state index contributed by atoms with van der Waals surface area (Å²) in [5, 5.41) is 30.9. The average Bonchev–Trinajstić information content (AvgIpc) is 3.10. The van der Waals surface area contributed by atoms with Gasteiger partial charge in [0.2, 0.25) is 23.6 Å². The summed E-state index contributed by atoms with van der Waals surface area (Å²) in [4.78, 5) is 68.8. The first-order valence-corrected chi connectivity index (χ1v) is 16.5. The number of nitrogens with zero attached hydrogens (tertiary/aromatic N) is 1. The number of phenolic OH excluding ortho intramolecular Hbond substituents is 1. The van der Waals surface area contributed by atoms with Crippen LogP contribution in [-0.4, -0.2) is 89.6 Å². The molecule has 3 aromatic rings. The van der Waals surface area contributed by atoms with E-state index in [1.54, 1.807) is 18.2 Å². The molecule has 0 aliphatic carbocycles. The largest absolute Gasteiger partial charge is 0.508 e. The Bertz CT molecular complexity index is 1680. The van der Waals surface area contributed by atoms with Gasteiger partial charge in [-0.25, -0.2) is 0 Å². The zero-order chi connectivity index (χ0) is 37.3. The van der Waals surface area contributed by atoms with Crippen LogP contribution in [0.3, 0.4) is 0 Å². The third-order valence-electron chi connectivity index (χ3n) is 7.94. The number of rotatable bonds is 20. The van der Waals surface area contributed by atoms with Crippen molar-refractivity contribution in [2.24, 2.45) is 27.9 Å². The van der Waals surface area contributed by atoms with E-state index in [0.29, 0.717) is 17.5 Å². The first-order valence-electron chi connectivity index (χ1n) is 16.5. The number of nitrogens with one attached hydrogen (secondary N) is 4. The minimum atomic E-state index is -1.27. The van der Waals surface area contributed by atoms with E-state index in [9.17, 15) is 29.1 Å². The molecule has 0 unspecified atom stereocenters. The number of hydrogen-bond donors (Lipinski definition) is 10. The van der Waals surface area contributed by atoms with Gasteiger partial charge in [-0.05, 0) is 72.7 Å². The topological polar surface area (TPSA) is 290 Å². The number of aliphatic carboxylic acids is 1. The van der Waals surface area contributed by atoms with Crippen molar-refractivity contribution in [2.45, 2.75) is 62.7 Å². The molecular weight excluding hydrogens is 658 g/mol. The summed E-state index contributed by atoms with van der Waals surface area (Å²) < 4.78 is 0. The van der Waals surface area contributed by atoms with E-state index in [0.717, 1.165) is 10.8 Å². The monoisotopic (exact) mass is 705 g/mol. The Morgan fingerprint density at radius 3 is 1.92 bits per heavy atom. The summed E-state index contributed by atoms with van der Waals surface area (Å²) in [5.41, 5.74) is 24.1. The molecule has 14 N–H and O–H groups in total. The summed E-state index contributed by atoms with van der Waals surface area (Å²) in [6, 6.07) is 14.8. The van der Waals surface area contributed by atoms with Gasteiger partial charge in [0, 0.05) is 13.0 Å². The number of guanidine groups is 1. The number of aromatic hydroxyl groups is 1. The van der Waals surface area contributed by atoms with Crippen LogP contribution in [0.1, 0.15) is 36.8 Å². The van der Waals surface area contributed by atoms with Crippen molar-refractivity contribution in [3.63, 3.8) is 0 Å². The van der Waals surface area contributed by atoms with Crippen molar-refractivity contribution in [3.8, 4) is 5.75 Å². The van der Waals surface area contributed by atoms with Crippen molar-refractivity contribution >= 4 is 46.3 Å². The molecular formula is C35H47N9O7. The number of carboxylic acid groups (broad SMARTS) is 1. The van der Waals surface area contributed by atoms with E-state index in [4.69, 9.17) is 28.0 Å². The fraction of sp³-hybridized carbons (Fsp3) is 0.371. The van der Waals surface area contributed by atoms with Crippen LogP contribution >= 0.6 is 0 Å². The zero-order valence-corrected chi connectivity index (χ0v) is 28.2. The molecule has 0 saturated carbocycles. The van der Waals surface area contributed by atoms with Gasteiger partial charge in [0.1, 0.15) is 30.4 Å². The van der Waals surface area contributed by atoms with Gasteiger partial charge in [-0.2, -0.15) is 0 Å². The Labute approximate surface area is 295 Å². The van der Waals surface area contributed by atoms with Crippen LogP contribution in [0.4, 0.5) is 0 Å². The first-order chi connectivity index (χ1) is 24.4. The zero-order valence-electron chi connectivity index (χ0n) is 28.2. The molecule has 274 valence electrons. The summed E-state index contributed by atoms with van der Waals surface area (Å²) in [6.07, 6.45) is 0.968. The minimum absolute atomic E-state index is 0.0186. The molecule has 16 heteroatoms. The fourth-order valence-corrected chi connectivity index (χ4v) is 5.26.